The first-order chi connectivity index (χ1) is 10.2. The number of benzene rings is 1. The molecular weight excluding hydrogens is 264 g/mol. The van der Waals surface area contributed by atoms with Gasteiger partial charge in [-0.2, -0.15) is 0 Å². The van der Waals surface area contributed by atoms with E-state index in [0.29, 0.717) is 12.6 Å². The fourth-order valence-corrected chi connectivity index (χ4v) is 2.61. The predicted molar refractivity (Wildman–Crippen MR) is 86.1 cm³/mol. The Bertz CT molecular complexity index is 565. The Labute approximate surface area is 126 Å². The number of nitrogens with zero attached hydrogens (tertiary/aromatic N) is 1. The molecule has 0 aliphatic heterocycles. The molecule has 2 N–H and O–H groups in total. The van der Waals surface area contributed by atoms with Crippen LogP contribution >= 0.6 is 0 Å². The van der Waals surface area contributed by atoms with Crippen LogP contribution in [0.1, 0.15) is 31.6 Å². The number of methoxy groups -OCH3 is 1. The van der Waals surface area contributed by atoms with E-state index in [2.05, 4.69) is 24.8 Å². The number of rotatable bonds is 8. The fourth-order valence-electron chi connectivity index (χ4n) is 2.61. The Balaban J connectivity index is 2.30. The molecule has 0 bridgehead atoms. The van der Waals surface area contributed by atoms with E-state index in [4.69, 9.17) is 14.9 Å². The van der Waals surface area contributed by atoms with Crippen LogP contribution in [0.2, 0.25) is 0 Å². The average molecular weight is 290 g/mol. The number of para-hydroxylation sites is 1. The molecule has 21 heavy (non-hydrogen) atoms. The second kappa shape index (κ2) is 7.59. The Morgan fingerprint density at radius 2 is 2.10 bits per heavy atom. The van der Waals surface area contributed by atoms with E-state index >= 15 is 0 Å². The van der Waals surface area contributed by atoms with Gasteiger partial charge in [-0.05, 0) is 19.4 Å². The summed E-state index contributed by atoms with van der Waals surface area (Å²) in [6.45, 7) is 7.39. The van der Waals surface area contributed by atoms with E-state index < -0.39 is 0 Å². The van der Waals surface area contributed by atoms with Gasteiger partial charge in [0.1, 0.15) is 11.3 Å². The van der Waals surface area contributed by atoms with Crippen LogP contribution in [0.4, 0.5) is 0 Å². The van der Waals surface area contributed by atoms with Gasteiger partial charge in [-0.1, -0.05) is 25.1 Å². The molecule has 2 aromatic rings. The largest absolute Gasteiger partial charge is 0.459 e. The second-order valence-electron chi connectivity index (χ2n) is 5.42. The van der Waals surface area contributed by atoms with Crippen LogP contribution in [0.5, 0.6) is 0 Å². The van der Waals surface area contributed by atoms with Gasteiger partial charge in [0, 0.05) is 37.2 Å². The highest BCUT2D eigenvalue weighted by molar-refractivity contribution is 5.82. The number of hydrogen-bond acceptors (Lipinski definition) is 4. The molecule has 1 aromatic heterocycles. The van der Waals surface area contributed by atoms with Crippen LogP contribution in [-0.4, -0.2) is 31.2 Å². The van der Waals surface area contributed by atoms with Crippen molar-refractivity contribution in [2.24, 2.45) is 5.73 Å². The maximum Gasteiger partial charge on any atom is 0.134 e. The van der Waals surface area contributed by atoms with Gasteiger partial charge in [0.2, 0.25) is 0 Å². The summed E-state index contributed by atoms with van der Waals surface area (Å²) in [6.07, 6.45) is 1.11. The van der Waals surface area contributed by atoms with Crippen molar-refractivity contribution in [3.8, 4) is 0 Å². The van der Waals surface area contributed by atoms with Crippen molar-refractivity contribution in [1.82, 2.24) is 4.90 Å². The number of ether oxygens (including phenoxy) is 1. The highest BCUT2D eigenvalue weighted by atomic mass is 16.5. The lowest BCUT2D eigenvalue weighted by molar-refractivity contribution is 0.118. The van der Waals surface area contributed by atoms with Crippen molar-refractivity contribution in [3.63, 3.8) is 0 Å². The van der Waals surface area contributed by atoms with Gasteiger partial charge >= 0.3 is 0 Å². The van der Waals surface area contributed by atoms with Gasteiger partial charge in [-0.3, -0.25) is 4.90 Å². The monoisotopic (exact) mass is 290 g/mol. The van der Waals surface area contributed by atoms with E-state index in [1.165, 1.54) is 10.9 Å². The quantitative estimate of drug-likeness (QED) is 0.811. The zero-order chi connectivity index (χ0) is 15.2. The minimum Gasteiger partial charge on any atom is -0.459 e. The minimum absolute atomic E-state index is 0.433. The third kappa shape index (κ3) is 3.64. The fraction of sp³-hybridized carbons (Fsp3) is 0.529. The van der Waals surface area contributed by atoms with Crippen LogP contribution in [0.15, 0.2) is 28.7 Å². The molecule has 0 saturated heterocycles. The van der Waals surface area contributed by atoms with Gasteiger partial charge in [-0.15, -0.1) is 0 Å². The van der Waals surface area contributed by atoms with Crippen LogP contribution in [0.25, 0.3) is 11.0 Å². The van der Waals surface area contributed by atoms with Gasteiger partial charge in [0.15, 0.2) is 0 Å². The van der Waals surface area contributed by atoms with E-state index in [1.807, 2.05) is 18.2 Å². The van der Waals surface area contributed by atoms with Gasteiger partial charge < -0.3 is 14.9 Å². The molecule has 1 heterocycles. The van der Waals surface area contributed by atoms with Crippen LogP contribution in [0, 0.1) is 0 Å². The summed E-state index contributed by atoms with van der Waals surface area (Å²) < 4.78 is 11.1. The number of nitrogens with two attached hydrogens (primary N) is 1. The zero-order valence-corrected chi connectivity index (χ0v) is 13.3. The van der Waals surface area contributed by atoms with Gasteiger partial charge in [0.05, 0.1) is 13.2 Å². The average Bonchev–Trinajstić information content (AvgIpc) is 2.88. The molecule has 0 saturated carbocycles. The van der Waals surface area contributed by atoms with Gasteiger partial charge in [0.25, 0.3) is 0 Å². The Kier molecular flexibility index (Phi) is 5.79. The lowest BCUT2D eigenvalue weighted by atomic mass is 10.1. The lowest BCUT2D eigenvalue weighted by Crippen LogP contribution is -2.35. The lowest BCUT2D eigenvalue weighted by Gasteiger charge is -2.28. The third-order valence-corrected chi connectivity index (χ3v) is 4.13. The summed E-state index contributed by atoms with van der Waals surface area (Å²) in [5, 5.41) is 1.17. The van der Waals surface area contributed by atoms with Crippen molar-refractivity contribution >= 4 is 11.0 Å². The second-order valence-corrected chi connectivity index (χ2v) is 5.42. The molecule has 0 amide bonds. The number of hydrogen-bond donors (Lipinski definition) is 1. The first kappa shape index (κ1) is 16.0. The maximum absolute atomic E-state index is 5.88. The Hall–Kier alpha value is -1.36. The minimum atomic E-state index is 0.433. The van der Waals surface area contributed by atoms with Crippen molar-refractivity contribution in [2.75, 3.05) is 20.3 Å². The normalized spacial score (nSPS) is 13.2. The zero-order valence-electron chi connectivity index (χ0n) is 13.3. The maximum atomic E-state index is 5.88. The Morgan fingerprint density at radius 3 is 2.76 bits per heavy atom. The molecule has 4 nitrogen and oxygen atoms in total. The third-order valence-electron chi connectivity index (χ3n) is 4.13. The molecule has 0 fully saturated rings. The molecular formula is C17H26N2O2. The molecule has 1 aromatic carbocycles. The van der Waals surface area contributed by atoms with Crippen molar-refractivity contribution < 1.29 is 9.15 Å². The Morgan fingerprint density at radius 1 is 1.33 bits per heavy atom. The summed E-state index contributed by atoms with van der Waals surface area (Å²) >= 11 is 0. The number of fused-ring (bicyclic) bond motifs is 1. The van der Waals surface area contributed by atoms with E-state index in [1.54, 1.807) is 7.11 Å². The summed E-state index contributed by atoms with van der Waals surface area (Å²) in [4.78, 5) is 2.43. The molecule has 2 rings (SSSR count). The summed E-state index contributed by atoms with van der Waals surface area (Å²) in [5.41, 5.74) is 7.99. The molecule has 0 aliphatic rings. The SMILES string of the molecule is CCC(C)N(CCOC)Cc1c(CN)oc2ccccc12. The van der Waals surface area contributed by atoms with E-state index in [0.717, 1.165) is 37.5 Å². The number of furan rings is 1. The molecule has 4 heteroatoms. The van der Waals surface area contributed by atoms with Crippen molar-refractivity contribution in [3.05, 3.63) is 35.6 Å². The topological polar surface area (TPSA) is 51.6 Å². The molecule has 116 valence electrons. The van der Waals surface area contributed by atoms with Crippen LogP contribution in [0.3, 0.4) is 0 Å². The predicted octanol–water partition coefficient (Wildman–Crippen LogP) is 3.14. The van der Waals surface area contributed by atoms with Crippen molar-refractivity contribution in [2.45, 2.75) is 39.4 Å². The standard InChI is InChI=1S/C17H26N2O2/c1-4-13(2)19(9-10-20-3)12-15-14-7-5-6-8-16(14)21-17(15)11-18/h5-8,13H,4,9-12,18H2,1-3H3. The van der Waals surface area contributed by atoms with Gasteiger partial charge in [-0.25, -0.2) is 0 Å². The molecule has 1 atom stereocenters. The molecule has 0 aliphatic carbocycles. The highest BCUT2D eigenvalue weighted by Crippen LogP contribution is 2.27. The van der Waals surface area contributed by atoms with E-state index in [9.17, 15) is 0 Å². The summed E-state index contributed by atoms with van der Waals surface area (Å²) in [5.74, 6) is 0.891. The van der Waals surface area contributed by atoms with E-state index in [-0.39, 0.29) is 0 Å². The summed E-state index contributed by atoms with van der Waals surface area (Å²) in [6, 6.07) is 8.65. The first-order valence-corrected chi connectivity index (χ1v) is 7.63. The highest BCUT2D eigenvalue weighted by Gasteiger charge is 2.18. The van der Waals surface area contributed by atoms with Crippen molar-refractivity contribution in [1.29, 1.82) is 0 Å². The molecule has 0 radical (unpaired) electrons. The first-order valence-electron chi connectivity index (χ1n) is 7.63. The summed E-state index contributed by atoms with van der Waals surface area (Å²) in [7, 11) is 1.74. The molecule has 0 spiro atoms. The van der Waals surface area contributed by atoms with Crippen LogP contribution in [-0.2, 0) is 17.8 Å². The smallest absolute Gasteiger partial charge is 0.134 e. The molecule has 1 unspecified atom stereocenters. The van der Waals surface area contributed by atoms with Crippen LogP contribution < -0.4 is 5.73 Å².